The summed E-state index contributed by atoms with van der Waals surface area (Å²) >= 11 is 0. The first-order chi connectivity index (χ1) is 6.02. The molecule has 0 aromatic heterocycles. The molecular formula is C9H19N3O. The van der Waals surface area contributed by atoms with Crippen LogP contribution in [0.1, 0.15) is 13.3 Å². The number of nitriles is 1. The summed E-state index contributed by atoms with van der Waals surface area (Å²) in [7, 11) is 3.64. The maximum absolute atomic E-state index is 8.69. The first kappa shape index (κ1) is 12.4. The van der Waals surface area contributed by atoms with Crippen molar-refractivity contribution >= 4 is 0 Å². The molecule has 13 heavy (non-hydrogen) atoms. The molecule has 0 amide bonds. The molecule has 0 heterocycles. The average molecular weight is 185 g/mol. The number of nitrogens with zero attached hydrogens (tertiary/aromatic N) is 2. The van der Waals surface area contributed by atoms with Crippen LogP contribution < -0.4 is 5.73 Å². The van der Waals surface area contributed by atoms with Gasteiger partial charge in [0.1, 0.15) is 5.54 Å². The maximum Gasteiger partial charge on any atom is 0.114 e. The van der Waals surface area contributed by atoms with Crippen molar-refractivity contribution in [3.8, 4) is 6.07 Å². The van der Waals surface area contributed by atoms with Gasteiger partial charge in [-0.1, -0.05) is 0 Å². The van der Waals surface area contributed by atoms with Crippen molar-refractivity contribution in [1.29, 1.82) is 5.26 Å². The number of nitrogens with two attached hydrogens (primary N) is 1. The van der Waals surface area contributed by atoms with Crippen LogP contribution in [0.2, 0.25) is 0 Å². The Bertz CT molecular complexity index is 174. The van der Waals surface area contributed by atoms with Crippen LogP contribution in [0.5, 0.6) is 0 Å². The van der Waals surface area contributed by atoms with Crippen molar-refractivity contribution in [3.05, 3.63) is 0 Å². The van der Waals surface area contributed by atoms with E-state index >= 15 is 0 Å². The zero-order valence-corrected chi connectivity index (χ0v) is 8.71. The van der Waals surface area contributed by atoms with Gasteiger partial charge in [-0.25, -0.2) is 0 Å². The highest BCUT2D eigenvalue weighted by Gasteiger charge is 2.18. The fourth-order valence-corrected chi connectivity index (χ4v) is 1.15. The van der Waals surface area contributed by atoms with Gasteiger partial charge in [0.2, 0.25) is 0 Å². The lowest BCUT2D eigenvalue weighted by Crippen LogP contribution is -2.45. The minimum Gasteiger partial charge on any atom is -0.385 e. The SMILES string of the molecule is COCCCN(C)CC(C)(N)C#N. The van der Waals surface area contributed by atoms with E-state index in [9.17, 15) is 0 Å². The van der Waals surface area contributed by atoms with E-state index in [0.29, 0.717) is 6.54 Å². The van der Waals surface area contributed by atoms with Crippen LogP contribution in [-0.4, -0.2) is 44.3 Å². The predicted molar refractivity (Wildman–Crippen MR) is 52.2 cm³/mol. The Labute approximate surface area is 80.3 Å². The molecule has 0 bridgehead atoms. The molecule has 0 aliphatic carbocycles. The summed E-state index contributed by atoms with van der Waals surface area (Å²) in [4.78, 5) is 2.04. The van der Waals surface area contributed by atoms with Gasteiger partial charge in [-0.2, -0.15) is 5.26 Å². The maximum atomic E-state index is 8.69. The lowest BCUT2D eigenvalue weighted by molar-refractivity contribution is 0.175. The fourth-order valence-electron chi connectivity index (χ4n) is 1.15. The number of rotatable bonds is 6. The first-order valence-electron chi connectivity index (χ1n) is 4.39. The molecule has 1 unspecified atom stereocenters. The van der Waals surface area contributed by atoms with E-state index in [-0.39, 0.29) is 0 Å². The normalized spacial score (nSPS) is 15.4. The van der Waals surface area contributed by atoms with E-state index in [1.165, 1.54) is 0 Å². The third-order valence-corrected chi connectivity index (χ3v) is 1.74. The molecule has 0 saturated heterocycles. The third kappa shape index (κ3) is 6.52. The second kappa shape index (κ2) is 5.92. The van der Waals surface area contributed by atoms with Crippen molar-refractivity contribution in [2.24, 2.45) is 5.73 Å². The first-order valence-corrected chi connectivity index (χ1v) is 4.39. The second-order valence-corrected chi connectivity index (χ2v) is 3.61. The van der Waals surface area contributed by atoms with E-state index in [1.54, 1.807) is 14.0 Å². The Hall–Kier alpha value is -0.630. The minimum atomic E-state index is -0.748. The van der Waals surface area contributed by atoms with Crippen molar-refractivity contribution in [2.45, 2.75) is 18.9 Å². The van der Waals surface area contributed by atoms with Gasteiger partial charge in [0, 0.05) is 26.8 Å². The zero-order chi connectivity index (χ0) is 10.3. The van der Waals surface area contributed by atoms with Gasteiger partial charge < -0.3 is 15.4 Å². The average Bonchev–Trinajstić information content (AvgIpc) is 2.04. The van der Waals surface area contributed by atoms with Crippen LogP contribution in [0, 0.1) is 11.3 Å². The van der Waals surface area contributed by atoms with Crippen LogP contribution in [-0.2, 0) is 4.74 Å². The highest BCUT2D eigenvalue weighted by atomic mass is 16.5. The molecule has 0 radical (unpaired) electrons. The molecule has 0 saturated carbocycles. The largest absolute Gasteiger partial charge is 0.385 e. The Kier molecular flexibility index (Phi) is 5.63. The molecule has 1 atom stereocenters. The summed E-state index contributed by atoms with van der Waals surface area (Å²) in [5, 5.41) is 8.69. The predicted octanol–water partition coefficient (Wildman–Crippen LogP) is 0.196. The molecule has 76 valence electrons. The van der Waals surface area contributed by atoms with Crippen molar-refractivity contribution < 1.29 is 4.74 Å². The topological polar surface area (TPSA) is 62.3 Å². The van der Waals surface area contributed by atoms with Gasteiger partial charge in [0.15, 0.2) is 0 Å². The summed E-state index contributed by atoms with van der Waals surface area (Å²) in [5.41, 5.74) is 4.94. The monoisotopic (exact) mass is 185 g/mol. The van der Waals surface area contributed by atoms with Crippen LogP contribution in [0.25, 0.3) is 0 Å². The van der Waals surface area contributed by atoms with Crippen LogP contribution in [0.15, 0.2) is 0 Å². The molecule has 0 spiro atoms. The van der Waals surface area contributed by atoms with Gasteiger partial charge in [-0.05, 0) is 20.4 Å². The molecule has 0 fully saturated rings. The third-order valence-electron chi connectivity index (χ3n) is 1.74. The van der Waals surface area contributed by atoms with Crippen molar-refractivity contribution in [1.82, 2.24) is 4.90 Å². The van der Waals surface area contributed by atoms with Gasteiger partial charge in [-0.15, -0.1) is 0 Å². The van der Waals surface area contributed by atoms with Crippen molar-refractivity contribution in [2.75, 3.05) is 33.9 Å². The van der Waals surface area contributed by atoms with E-state index in [4.69, 9.17) is 15.7 Å². The highest BCUT2D eigenvalue weighted by molar-refractivity contribution is 5.02. The summed E-state index contributed by atoms with van der Waals surface area (Å²) in [6.45, 7) is 3.98. The molecule has 4 nitrogen and oxygen atoms in total. The molecule has 0 aromatic carbocycles. The smallest absolute Gasteiger partial charge is 0.114 e. The van der Waals surface area contributed by atoms with Gasteiger partial charge in [0.05, 0.1) is 6.07 Å². The number of ether oxygens (including phenoxy) is 1. The van der Waals surface area contributed by atoms with Gasteiger partial charge in [0.25, 0.3) is 0 Å². The van der Waals surface area contributed by atoms with Gasteiger partial charge >= 0.3 is 0 Å². The summed E-state index contributed by atoms with van der Waals surface area (Å²) in [5.74, 6) is 0. The van der Waals surface area contributed by atoms with Crippen LogP contribution in [0.4, 0.5) is 0 Å². The summed E-state index contributed by atoms with van der Waals surface area (Å²) in [6, 6.07) is 2.07. The molecule has 0 aromatic rings. The zero-order valence-electron chi connectivity index (χ0n) is 8.71. The molecule has 2 N–H and O–H groups in total. The molecule has 0 rings (SSSR count). The minimum absolute atomic E-state index is 0.590. The lowest BCUT2D eigenvalue weighted by Gasteiger charge is -2.23. The summed E-state index contributed by atoms with van der Waals surface area (Å²) < 4.78 is 4.93. The quantitative estimate of drug-likeness (QED) is 0.600. The number of hydrogen-bond donors (Lipinski definition) is 1. The Morgan fingerprint density at radius 1 is 1.62 bits per heavy atom. The Morgan fingerprint density at radius 2 is 2.23 bits per heavy atom. The Balaban J connectivity index is 3.63. The number of likely N-dealkylation sites (N-methyl/N-ethyl adjacent to an activating group) is 1. The van der Waals surface area contributed by atoms with Crippen molar-refractivity contribution in [3.63, 3.8) is 0 Å². The highest BCUT2D eigenvalue weighted by Crippen LogP contribution is 2.00. The molecule has 4 heteroatoms. The second-order valence-electron chi connectivity index (χ2n) is 3.61. The fraction of sp³-hybridized carbons (Fsp3) is 0.889. The van der Waals surface area contributed by atoms with Crippen LogP contribution >= 0.6 is 0 Å². The van der Waals surface area contributed by atoms with E-state index < -0.39 is 5.54 Å². The van der Waals surface area contributed by atoms with E-state index in [1.807, 2.05) is 11.9 Å². The van der Waals surface area contributed by atoms with Gasteiger partial charge in [-0.3, -0.25) is 0 Å². The molecule has 0 aliphatic heterocycles. The summed E-state index contributed by atoms with van der Waals surface area (Å²) in [6.07, 6.45) is 0.967. The van der Waals surface area contributed by atoms with E-state index in [2.05, 4.69) is 6.07 Å². The number of methoxy groups -OCH3 is 1. The number of hydrogen-bond acceptors (Lipinski definition) is 4. The van der Waals surface area contributed by atoms with E-state index in [0.717, 1.165) is 19.6 Å². The van der Waals surface area contributed by atoms with Crippen LogP contribution in [0.3, 0.4) is 0 Å². The Morgan fingerprint density at radius 3 is 2.69 bits per heavy atom. The molecule has 0 aliphatic rings. The standard InChI is InChI=1S/C9H19N3O/c1-9(11,7-10)8-12(2)5-4-6-13-3/h4-6,8,11H2,1-3H3. The lowest BCUT2D eigenvalue weighted by atomic mass is 10.1. The molecular weight excluding hydrogens is 166 g/mol.